The molecule has 0 aromatic carbocycles. The fraction of sp³-hybridized carbons (Fsp3) is 0.857. The maximum atomic E-state index is 10.9. The summed E-state index contributed by atoms with van der Waals surface area (Å²) < 4.78 is 0. The topological polar surface area (TPSA) is 55.1 Å². The van der Waals surface area contributed by atoms with Crippen molar-refractivity contribution in [1.82, 2.24) is 5.32 Å². The average molecular weight is 177 g/mol. The van der Waals surface area contributed by atoms with Crippen LogP contribution >= 0.6 is 12.4 Å². The zero-order valence-corrected chi connectivity index (χ0v) is 7.12. The molecule has 0 bridgehead atoms. The third-order valence-electron chi connectivity index (χ3n) is 2.71. The molecule has 0 unspecified atom stereocenters. The Bertz CT molecular complexity index is 185. The van der Waals surface area contributed by atoms with Crippen LogP contribution in [0.3, 0.4) is 0 Å². The Kier molecular flexibility index (Phi) is 2.12. The van der Waals surface area contributed by atoms with E-state index in [2.05, 4.69) is 5.32 Å². The molecule has 0 aromatic heterocycles. The highest BCUT2D eigenvalue weighted by Gasteiger charge is 2.59. The highest BCUT2D eigenvalue weighted by Crippen LogP contribution is 2.48. The minimum absolute atomic E-state index is 0. The highest BCUT2D eigenvalue weighted by atomic mass is 35.5. The number of hydrogen-bond acceptors (Lipinski definition) is 2. The molecule has 2 rings (SSSR count). The Morgan fingerprint density at radius 1 is 1.64 bits per heavy atom. The van der Waals surface area contributed by atoms with Gasteiger partial charge in [0.1, 0.15) is 5.54 Å². The molecule has 1 saturated carbocycles. The van der Waals surface area contributed by atoms with Crippen molar-refractivity contribution in [1.29, 1.82) is 0 Å². The molecule has 3 N–H and O–H groups in total. The van der Waals surface area contributed by atoms with Crippen molar-refractivity contribution in [2.45, 2.75) is 24.8 Å². The maximum Gasteiger partial charge on any atom is 0.238 e. The van der Waals surface area contributed by atoms with Crippen molar-refractivity contribution in [3.8, 4) is 0 Å². The van der Waals surface area contributed by atoms with Crippen LogP contribution in [0.4, 0.5) is 0 Å². The fourth-order valence-corrected chi connectivity index (χ4v) is 1.94. The molecule has 0 radical (unpaired) electrons. The Balaban J connectivity index is 0.000000605. The van der Waals surface area contributed by atoms with Gasteiger partial charge in [0.05, 0.1) is 0 Å². The molecule has 1 aliphatic carbocycles. The zero-order valence-electron chi connectivity index (χ0n) is 6.30. The van der Waals surface area contributed by atoms with Gasteiger partial charge in [-0.2, -0.15) is 0 Å². The number of amides is 1. The van der Waals surface area contributed by atoms with E-state index in [1.54, 1.807) is 0 Å². The molecule has 2 aliphatic rings. The van der Waals surface area contributed by atoms with Crippen molar-refractivity contribution in [3.63, 3.8) is 0 Å². The van der Waals surface area contributed by atoms with Gasteiger partial charge < -0.3 is 11.1 Å². The summed E-state index contributed by atoms with van der Waals surface area (Å²) in [6.45, 7) is 0.958. The predicted molar refractivity (Wildman–Crippen MR) is 44.5 cm³/mol. The molecular weight excluding hydrogens is 164 g/mol. The second-order valence-corrected chi connectivity index (χ2v) is 3.31. The lowest BCUT2D eigenvalue weighted by Crippen LogP contribution is -2.47. The van der Waals surface area contributed by atoms with Gasteiger partial charge in [-0.15, -0.1) is 12.4 Å². The molecule has 11 heavy (non-hydrogen) atoms. The van der Waals surface area contributed by atoms with Gasteiger partial charge in [0.15, 0.2) is 0 Å². The van der Waals surface area contributed by atoms with E-state index >= 15 is 0 Å². The van der Waals surface area contributed by atoms with Crippen LogP contribution in [0, 0.1) is 5.92 Å². The van der Waals surface area contributed by atoms with Crippen LogP contribution in [0.25, 0.3) is 0 Å². The number of carbonyl (C=O) groups is 1. The second-order valence-electron chi connectivity index (χ2n) is 3.31. The first kappa shape index (κ1) is 8.81. The summed E-state index contributed by atoms with van der Waals surface area (Å²) in [6.07, 6.45) is 3.35. The van der Waals surface area contributed by atoms with Gasteiger partial charge in [-0.25, -0.2) is 0 Å². The van der Waals surface area contributed by atoms with Crippen LogP contribution in [0.2, 0.25) is 0 Å². The predicted octanol–water partition coefficient (Wildman–Crippen LogP) is 0.0356. The van der Waals surface area contributed by atoms with E-state index in [0.717, 1.165) is 13.0 Å². The molecule has 1 amide bonds. The summed E-state index contributed by atoms with van der Waals surface area (Å²) >= 11 is 0. The van der Waals surface area contributed by atoms with Gasteiger partial charge >= 0.3 is 0 Å². The third kappa shape index (κ3) is 1.12. The molecule has 0 spiro atoms. The van der Waals surface area contributed by atoms with E-state index in [9.17, 15) is 4.79 Å². The third-order valence-corrected chi connectivity index (χ3v) is 2.71. The molecule has 1 aliphatic heterocycles. The SMILES string of the molecule is Cl.NC(=O)[C@@]12C[C@@H]1CCCN2. The van der Waals surface area contributed by atoms with Gasteiger partial charge in [0.25, 0.3) is 0 Å². The van der Waals surface area contributed by atoms with Crippen molar-refractivity contribution in [2.75, 3.05) is 6.54 Å². The first-order valence-corrected chi connectivity index (χ1v) is 3.81. The average Bonchev–Trinajstić information content (AvgIpc) is 2.61. The van der Waals surface area contributed by atoms with E-state index in [1.807, 2.05) is 0 Å². The summed E-state index contributed by atoms with van der Waals surface area (Å²) in [6, 6.07) is 0. The molecule has 2 atom stereocenters. The molecule has 64 valence electrons. The Hall–Kier alpha value is -0.280. The van der Waals surface area contributed by atoms with Gasteiger partial charge in [-0.1, -0.05) is 0 Å². The van der Waals surface area contributed by atoms with Gasteiger partial charge in [0.2, 0.25) is 5.91 Å². The quantitative estimate of drug-likeness (QED) is 0.593. The van der Waals surface area contributed by atoms with Crippen LogP contribution in [0.15, 0.2) is 0 Å². The summed E-state index contributed by atoms with van der Waals surface area (Å²) in [7, 11) is 0. The van der Waals surface area contributed by atoms with E-state index in [1.165, 1.54) is 12.8 Å². The van der Waals surface area contributed by atoms with Gasteiger partial charge in [0, 0.05) is 0 Å². The Morgan fingerprint density at radius 3 is 2.82 bits per heavy atom. The largest absolute Gasteiger partial charge is 0.368 e. The number of nitrogens with one attached hydrogen (secondary N) is 1. The Morgan fingerprint density at radius 2 is 2.36 bits per heavy atom. The standard InChI is InChI=1S/C7H12N2O.ClH/c8-6(10)7-4-5(7)2-1-3-9-7;/h5,9H,1-4H2,(H2,8,10);1H/t5-,7+;/m0./s1. The molecule has 1 heterocycles. The van der Waals surface area contributed by atoms with Crippen LogP contribution in [-0.2, 0) is 4.79 Å². The van der Waals surface area contributed by atoms with Crippen molar-refractivity contribution < 1.29 is 4.79 Å². The summed E-state index contributed by atoms with van der Waals surface area (Å²) in [5.74, 6) is 0.399. The van der Waals surface area contributed by atoms with E-state index in [-0.39, 0.29) is 23.9 Å². The minimum Gasteiger partial charge on any atom is -0.368 e. The molecule has 4 heteroatoms. The number of nitrogens with two attached hydrogens (primary N) is 1. The normalized spacial score (nSPS) is 40.2. The first-order chi connectivity index (χ1) is 4.76. The molecule has 1 saturated heterocycles. The number of halogens is 1. The smallest absolute Gasteiger partial charge is 0.238 e. The zero-order chi connectivity index (χ0) is 7.19. The molecular formula is C7H13ClN2O. The minimum atomic E-state index is -0.266. The summed E-state index contributed by atoms with van der Waals surface area (Å²) in [5, 5.41) is 3.19. The molecule has 2 fully saturated rings. The van der Waals surface area contributed by atoms with Crippen LogP contribution in [0.1, 0.15) is 19.3 Å². The number of piperidine rings is 1. The number of fused-ring (bicyclic) bond motifs is 1. The number of primary amides is 1. The van der Waals surface area contributed by atoms with Crippen LogP contribution in [0.5, 0.6) is 0 Å². The van der Waals surface area contributed by atoms with E-state index < -0.39 is 0 Å². The second kappa shape index (κ2) is 2.64. The summed E-state index contributed by atoms with van der Waals surface area (Å²) in [5.41, 5.74) is 4.98. The van der Waals surface area contributed by atoms with Crippen LogP contribution in [-0.4, -0.2) is 18.0 Å². The van der Waals surface area contributed by atoms with Crippen molar-refractivity contribution in [3.05, 3.63) is 0 Å². The van der Waals surface area contributed by atoms with Gasteiger partial charge in [-0.3, -0.25) is 4.79 Å². The number of carbonyl (C=O) groups excluding carboxylic acids is 1. The monoisotopic (exact) mass is 176 g/mol. The first-order valence-electron chi connectivity index (χ1n) is 3.81. The lowest BCUT2D eigenvalue weighted by Gasteiger charge is -2.19. The maximum absolute atomic E-state index is 10.9. The fourth-order valence-electron chi connectivity index (χ4n) is 1.94. The van der Waals surface area contributed by atoms with Crippen molar-refractivity contribution >= 4 is 18.3 Å². The molecule has 0 aromatic rings. The highest BCUT2D eigenvalue weighted by molar-refractivity contribution is 5.88. The van der Waals surface area contributed by atoms with Crippen molar-refractivity contribution in [2.24, 2.45) is 11.7 Å². The van der Waals surface area contributed by atoms with E-state index in [0.29, 0.717) is 5.92 Å². The van der Waals surface area contributed by atoms with Gasteiger partial charge in [-0.05, 0) is 31.7 Å². The lowest BCUT2D eigenvalue weighted by molar-refractivity contribution is -0.121. The van der Waals surface area contributed by atoms with E-state index in [4.69, 9.17) is 5.73 Å². The Labute approximate surface area is 72.1 Å². The summed E-state index contributed by atoms with van der Waals surface area (Å²) in [4.78, 5) is 10.9. The number of rotatable bonds is 1. The number of hydrogen-bond donors (Lipinski definition) is 2. The lowest BCUT2D eigenvalue weighted by atomic mass is 10.1. The van der Waals surface area contributed by atoms with Crippen LogP contribution < -0.4 is 11.1 Å². The molecule has 3 nitrogen and oxygen atoms in total.